The lowest BCUT2D eigenvalue weighted by Gasteiger charge is -2.15. The summed E-state index contributed by atoms with van der Waals surface area (Å²) in [4.78, 5) is 21.6. The number of rotatable bonds is 9. The zero-order valence-corrected chi connectivity index (χ0v) is 22.8. The van der Waals surface area contributed by atoms with E-state index in [9.17, 15) is 9.90 Å². The molecule has 41 heavy (non-hydrogen) atoms. The first-order valence-electron chi connectivity index (χ1n) is 13.3. The molecule has 206 valence electrons. The Kier molecular flexibility index (Phi) is 7.13. The number of hydrogen-bond acceptors (Lipinski definition) is 8. The van der Waals surface area contributed by atoms with Gasteiger partial charge in [-0.15, -0.1) is 10.2 Å². The third-order valence-corrected chi connectivity index (χ3v) is 6.81. The molecule has 3 aromatic carbocycles. The number of aromatic hydroxyl groups is 1. The van der Waals surface area contributed by atoms with Crippen molar-refractivity contribution in [3.8, 4) is 22.9 Å². The highest BCUT2D eigenvalue weighted by atomic mass is 16.5. The maximum atomic E-state index is 13.5. The lowest BCUT2D eigenvalue weighted by Crippen LogP contribution is -2.28. The Morgan fingerprint density at radius 2 is 1.80 bits per heavy atom. The number of ether oxygens (including phenoxy) is 1. The lowest BCUT2D eigenvalue weighted by molar-refractivity contribution is 0.301. The molecule has 0 spiro atoms. The van der Waals surface area contributed by atoms with E-state index in [1.807, 2.05) is 79.7 Å². The van der Waals surface area contributed by atoms with Crippen molar-refractivity contribution in [2.45, 2.75) is 19.7 Å². The fourth-order valence-corrected chi connectivity index (χ4v) is 4.72. The van der Waals surface area contributed by atoms with Crippen molar-refractivity contribution in [1.82, 2.24) is 34.7 Å². The van der Waals surface area contributed by atoms with Gasteiger partial charge in [0.1, 0.15) is 18.1 Å². The largest absolute Gasteiger partial charge is 0.508 e. The molecule has 0 aliphatic rings. The van der Waals surface area contributed by atoms with Gasteiger partial charge in [-0.1, -0.05) is 36.4 Å². The van der Waals surface area contributed by atoms with Gasteiger partial charge in [0, 0.05) is 23.9 Å². The van der Waals surface area contributed by atoms with Crippen LogP contribution in [0.15, 0.2) is 89.7 Å². The smallest absolute Gasteiger partial charge is 0.262 e. The summed E-state index contributed by atoms with van der Waals surface area (Å²) in [5.41, 5.74) is 3.56. The highest BCUT2D eigenvalue weighted by Crippen LogP contribution is 2.23. The van der Waals surface area contributed by atoms with E-state index in [1.165, 1.54) is 4.80 Å². The summed E-state index contributed by atoms with van der Waals surface area (Å²) in [6.45, 7) is 1.85. The van der Waals surface area contributed by atoms with Crippen LogP contribution < -0.4 is 10.3 Å². The first kappa shape index (κ1) is 26.1. The molecular formula is C31H29N7O3. The van der Waals surface area contributed by atoms with E-state index in [0.717, 1.165) is 33.1 Å². The van der Waals surface area contributed by atoms with E-state index in [-0.39, 0.29) is 17.1 Å². The van der Waals surface area contributed by atoms with Crippen LogP contribution >= 0.6 is 0 Å². The highest BCUT2D eigenvalue weighted by Gasteiger charge is 2.16. The van der Waals surface area contributed by atoms with Gasteiger partial charge in [0.15, 0.2) is 0 Å². The topological polar surface area (TPSA) is 111 Å². The van der Waals surface area contributed by atoms with Crippen LogP contribution in [-0.4, -0.2) is 60.4 Å². The number of hydrogen-bond donors (Lipinski definition) is 1. The molecule has 0 aliphatic carbocycles. The van der Waals surface area contributed by atoms with Gasteiger partial charge < -0.3 is 19.3 Å². The first-order chi connectivity index (χ1) is 19.9. The second-order valence-electron chi connectivity index (χ2n) is 10.1. The maximum absolute atomic E-state index is 13.5. The standard InChI is InChI=1S/C31H29N7O3/c1-36(2)14-15-37-29-13-12-25(39)17-23(29)18-27(31(37)40)30-33-35-38(34-30)19-21-6-5-8-26(16-21)41-20-24-11-10-22-7-3-4-9-28(22)32-24/h3-13,16-18,39H,14-15,19-20H2,1-2H3. The van der Waals surface area contributed by atoms with Gasteiger partial charge in [-0.05, 0) is 73.4 Å². The number of likely N-dealkylation sites (N-methyl/N-ethyl adjacent to an activating group) is 1. The highest BCUT2D eigenvalue weighted by molar-refractivity contribution is 5.84. The van der Waals surface area contributed by atoms with Crippen LogP contribution in [0.25, 0.3) is 33.2 Å². The fraction of sp³-hybridized carbons (Fsp3) is 0.194. The third kappa shape index (κ3) is 5.78. The van der Waals surface area contributed by atoms with E-state index in [1.54, 1.807) is 28.8 Å². The SMILES string of the molecule is CN(C)CCn1c(=O)c(-c2nnn(Cc3cccc(OCc4ccc5ccccc5n4)c3)n2)cc2cc(O)ccc21. The van der Waals surface area contributed by atoms with Crippen LogP contribution in [0.2, 0.25) is 0 Å². The number of fused-ring (bicyclic) bond motifs is 2. The zero-order chi connectivity index (χ0) is 28.3. The average molecular weight is 548 g/mol. The molecule has 0 atom stereocenters. The molecule has 0 saturated carbocycles. The Hall–Kier alpha value is -5.09. The Balaban J connectivity index is 1.21. The molecule has 3 aromatic heterocycles. The zero-order valence-electron chi connectivity index (χ0n) is 22.8. The van der Waals surface area contributed by atoms with Crippen molar-refractivity contribution in [2.24, 2.45) is 0 Å². The number of phenolic OH excluding ortho intramolecular Hbond substituents is 1. The van der Waals surface area contributed by atoms with Crippen LogP contribution in [0.5, 0.6) is 11.5 Å². The first-order valence-corrected chi connectivity index (χ1v) is 13.3. The summed E-state index contributed by atoms with van der Waals surface area (Å²) < 4.78 is 7.71. The predicted molar refractivity (Wildman–Crippen MR) is 157 cm³/mol. The van der Waals surface area contributed by atoms with Crippen molar-refractivity contribution in [3.05, 3.63) is 107 Å². The second-order valence-corrected chi connectivity index (χ2v) is 10.1. The quantitative estimate of drug-likeness (QED) is 0.288. The van der Waals surface area contributed by atoms with Crippen LogP contribution in [0, 0.1) is 0 Å². The molecule has 0 bridgehead atoms. The average Bonchev–Trinajstić information content (AvgIpc) is 3.43. The molecule has 0 saturated heterocycles. The minimum absolute atomic E-state index is 0.122. The summed E-state index contributed by atoms with van der Waals surface area (Å²) in [5, 5.41) is 24.8. The maximum Gasteiger partial charge on any atom is 0.262 e. The summed E-state index contributed by atoms with van der Waals surface area (Å²) in [6, 6.07) is 26.4. The molecule has 0 fully saturated rings. The number of para-hydroxylation sites is 1. The number of nitrogens with zero attached hydrogens (tertiary/aromatic N) is 7. The Morgan fingerprint density at radius 1 is 0.927 bits per heavy atom. The number of tetrazole rings is 1. The number of phenols is 1. The number of benzene rings is 3. The van der Waals surface area contributed by atoms with Crippen LogP contribution in [-0.2, 0) is 19.7 Å². The van der Waals surface area contributed by atoms with Crippen LogP contribution in [0.4, 0.5) is 0 Å². The van der Waals surface area contributed by atoms with Crippen molar-refractivity contribution in [2.75, 3.05) is 20.6 Å². The van der Waals surface area contributed by atoms with E-state index >= 15 is 0 Å². The van der Waals surface area contributed by atoms with E-state index < -0.39 is 0 Å². The van der Waals surface area contributed by atoms with Crippen molar-refractivity contribution in [3.63, 3.8) is 0 Å². The van der Waals surface area contributed by atoms with Crippen LogP contribution in [0.3, 0.4) is 0 Å². The van der Waals surface area contributed by atoms with Gasteiger partial charge in [-0.25, -0.2) is 4.98 Å². The molecule has 6 aromatic rings. The molecule has 0 radical (unpaired) electrons. The summed E-state index contributed by atoms with van der Waals surface area (Å²) in [7, 11) is 3.91. The lowest BCUT2D eigenvalue weighted by atomic mass is 10.1. The molecule has 0 amide bonds. The molecular weight excluding hydrogens is 518 g/mol. The minimum atomic E-state index is -0.206. The molecule has 3 heterocycles. The fourth-order valence-electron chi connectivity index (χ4n) is 4.72. The molecule has 10 nitrogen and oxygen atoms in total. The van der Waals surface area contributed by atoms with Gasteiger partial charge >= 0.3 is 0 Å². The third-order valence-electron chi connectivity index (χ3n) is 6.81. The van der Waals surface area contributed by atoms with E-state index in [2.05, 4.69) is 20.4 Å². The monoisotopic (exact) mass is 547 g/mol. The van der Waals surface area contributed by atoms with Crippen molar-refractivity contribution >= 4 is 21.8 Å². The van der Waals surface area contributed by atoms with Gasteiger partial charge in [0.05, 0.1) is 28.8 Å². The predicted octanol–water partition coefficient (Wildman–Crippen LogP) is 4.10. The Morgan fingerprint density at radius 3 is 2.68 bits per heavy atom. The summed E-state index contributed by atoms with van der Waals surface area (Å²) in [5.74, 6) is 1.06. The van der Waals surface area contributed by atoms with Gasteiger partial charge in [-0.3, -0.25) is 4.79 Å². The molecule has 1 N–H and O–H groups in total. The van der Waals surface area contributed by atoms with Crippen LogP contribution in [0.1, 0.15) is 11.3 Å². The van der Waals surface area contributed by atoms with Gasteiger partial charge in [0.25, 0.3) is 5.56 Å². The van der Waals surface area contributed by atoms with E-state index in [4.69, 9.17) is 4.74 Å². The molecule has 6 rings (SSSR count). The van der Waals surface area contributed by atoms with Gasteiger partial charge in [-0.2, -0.15) is 4.80 Å². The molecule has 0 aliphatic heterocycles. The molecule has 10 heteroatoms. The number of pyridine rings is 2. The summed E-state index contributed by atoms with van der Waals surface area (Å²) in [6.07, 6.45) is 0. The number of aromatic nitrogens is 6. The van der Waals surface area contributed by atoms with Crippen molar-refractivity contribution < 1.29 is 9.84 Å². The molecule has 0 unspecified atom stereocenters. The summed E-state index contributed by atoms with van der Waals surface area (Å²) >= 11 is 0. The van der Waals surface area contributed by atoms with E-state index in [0.29, 0.717) is 37.6 Å². The van der Waals surface area contributed by atoms with Gasteiger partial charge in [0.2, 0.25) is 5.82 Å². The second kappa shape index (κ2) is 11.2. The normalized spacial score (nSPS) is 11.5. The minimum Gasteiger partial charge on any atom is -0.508 e. The Bertz CT molecular complexity index is 1910. The Labute approximate surface area is 236 Å². The van der Waals surface area contributed by atoms with Crippen molar-refractivity contribution in [1.29, 1.82) is 0 Å².